The average molecular weight is 495 g/mol. The van der Waals surface area contributed by atoms with Crippen molar-refractivity contribution >= 4 is 45.7 Å². The van der Waals surface area contributed by atoms with Crippen LogP contribution in [-0.2, 0) is 11.8 Å². The van der Waals surface area contributed by atoms with Crippen molar-refractivity contribution in [3.05, 3.63) is 65.3 Å². The highest BCUT2D eigenvalue weighted by atomic mass is 32.2. The first kappa shape index (κ1) is 23.5. The predicted molar refractivity (Wildman–Crippen MR) is 134 cm³/mol. The number of methoxy groups -OCH3 is 1. The molecule has 0 aliphatic heterocycles. The normalized spacial score (nSPS) is 10.7. The summed E-state index contributed by atoms with van der Waals surface area (Å²) >= 11 is 2.71. The quantitative estimate of drug-likeness (QED) is 0.353. The van der Waals surface area contributed by atoms with E-state index in [-0.39, 0.29) is 17.6 Å². The van der Waals surface area contributed by atoms with Gasteiger partial charge in [-0.05, 0) is 55.5 Å². The molecule has 2 aromatic heterocycles. The van der Waals surface area contributed by atoms with Gasteiger partial charge >= 0.3 is 0 Å². The van der Waals surface area contributed by atoms with Gasteiger partial charge in [0, 0.05) is 28.7 Å². The van der Waals surface area contributed by atoms with Crippen LogP contribution < -0.4 is 15.4 Å². The van der Waals surface area contributed by atoms with E-state index in [1.54, 1.807) is 42.3 Å². The van der Waals surface area contributed by atoms with Gasteiger partial charge in [0.2, 0.25) is 5.91 Å². The molecular weight excluding hydrogens is 472 g/mol. The highest BCUT2D eigenvalue weighted by Crippen LogP contribution is 2.31. The molecule has 11 heteroatoms. The largest absolute Gasteiger partial charge is 0.497 e. The summed E-state index contributed by atoms with van der Waals surface area (Å²) in [7, 11) is 3.44. The number of hydrogen-bond donors (Lipinski definition) is 2. The van der Waals surface area contributed by atoms with Gasteiger partial charge in [-0.25, -0.2) is 4.98 Å². The Morgan fingerprint density at radius 3 is 2.47 bits per heavy atom. The molecule has 0 atom stereocenters. The van der Waals surface area contributed by atoms with Crippen molar-refractivity contribution in [1.29, 1.82) is 0 Å². The lowest BCUT2D eigenvalue weighted by molar-refractivity contribution is -0.113. The van der Waals surface area contributed by atoms with E-state index in [1.807, 2.05) is 38.2 Å². The minimum absolute atomic E-state index is 0.172. The highest BCUT2D eigenvalue weighted by Gasteiger charge is 2.14. The second-order valence-electron chi connectivity index (χ2n) is 7.25. The van der Waals surface area contributed by atoms with Crippen molar-refractivity contribution < 1.29 is 14.3 Å². The van der Waals surface area contributed by atoms with E-state index >= 15 is 0 Å². The summed E-state index contributed by atoms with van der Waals surface area (Å²) in [5.41, 5.74) is 2.84. The van der Waals surface area contributed by atoms with E-state index in [4.69, 9.17) is 4.74 Å². The molecule has 2 N–H and O–H groups in total. The number of thiazole rings is 1. The fourth-order valence-electron chi connectivity index (χ4n) is 3.07. The fraction of sp³-hybridized carbons (Fsp3) is 0.174. The lowest BCUT2D eigenvalue weighted by Crippen LogP contribution is -2.15. The summed E-state index contributed by atoms with van der Waals surface area (Å²) in [6.07, 6.45) is 1.58. The number of ether oxygens (including phenoxy) is 1. The van der Waals surface area contributed by atoms with Crippen molar-refractivity contribution in [3.63, 3.8) is 0 Å². The molecule has 0 fully saturated rings. The fourth-order valence-corrected chi connectivity index (χ4v) is 4.59. The molecule has 0 spiro atoms. The number of aryl methyl sites for hydroxylation is 2. The maximum Gasteiger partial charge on any atom is 0.257 e. The van der Waals surface area contributed by atoms with Crippen molar-refractivity contribution in [1.82, 2.24) is 19.7 Å². The van der Waals surface area contributed by atoms with E-state index in [2.05, 4.69) is 25.8 Å². The van der Waals surface area contributed by atoms with Crippen LogP contribution in [0.25, 0.3) is 11.3 Å². The Labute approximate surface area is 204 Å². The third-order valence-corrected chi connectivity index (χ3v) is 6.73. The van der Waals surface area contributed by atoms with Gasteiger partial charge in [-0.1, -0.05) is 11.8 Å². The monoisotopic (exact) mass is 494 g/mol. The Balaban J connectivity index is 1.34. The molecule has 4 rings (SSSR count). The summed E-state index contributed by atoms with van der Waals surface area (Å²) in [4.78, 5) is 30.4. The number of anilines is 2. The minimum atomic E-state index is -0.272. The number of hydrogen-bond acceptors (Lipinski definition) is 8. The molecule has 0 saturated carbocycles. The van der Waals surface area contributed by atoms with Gasteiger partial charge in [0.15, 0.2) is 10.3 Å². The standard InChI is InChI=1S/C23H22N6O3S2/c1-14-20(15-6-10-18(32-3)11-7-15)26-22(34-14)27-21(31)16-4-8-17(9-5-16)25-19(30)12-33-23-28-24-13-29(23)2/h4-11,13H,12H2,1-3H3,(H,25,30)(H,26,27,31). The first-order valence-corrected chi connectivity index (χ1v) is 12.0. The molecule has 0 unspecified atom stereocenters. The van der Waals surface area contributed by atoms with Crippen LogP contribution in [0.2, 0.25) is 0 Å². The van der Waals surface area contributed by atoms with E-state index in [0.29, 0.717) is 21.5 Å². The molecule has 0 aliphatic rings. The first-order chi connectivity index (χ1) is 16.4. The van der Waals surface area contributed by atoms with Crippen LogP contribution in [0.4, 0.5) is 10.8 Å². The van der Waals surface area contributed by atoms with E-state index in [9.17, 15) is 9.59 Å². The van der Waals surface area contributed by atoms with Crippen LogP contribution in [0.5, 0.6) is 5.75 Å². The summed E-state index contributed by atoms with van der Waals surface area (Å²) in [6, 6.07) is 14.3. The number of nitrogens with zero attached hydrogens (tertiary/aromatic N) is 4. The molecule has 34 heavy (non-hydrogen) atoms. The van der Waals surface area contributed by atoms with Gasteiger partial charge in [-0.15, -0.1) is 21.5 Å². The topological polar surface area (TPSA) is 111 Å². The number of carbonyl (C=O) groups is 2. The van der Waals surface area contributed by atoms with Gasteiger partial charge in [0.25, 0.3) is 5.91 Å². The smallest absolute Gasteiger partial charge is 0.257 e. The second kappa shape index (κ2) is 10.5. The van der Waals surface area contributed by atoms with Gasteiger partial charge in [0.05, 0.1) is 18.6 Å². The van der Waals surface area contributed by atoms with Crippen LogP contribution in [-0.4, -0.2) is 44.4 Å². The molecule has 9 nitrogen and oxygen atoms in total. The number of amides is 2. The zero-order valence-electron chi connectivity index (χ0n) is 18.7. The molecule has 0 bridgehead atoms. The van der Waals surface area contributed by atoms with Gasteiger partial charge in [-0.2, -0.15) is 0 Å². The van der Waals surface area contributed by atoms with Gasteiger partial charge in [0.1, 0.15) is 12.1 Å². The lowest BCUT2D eigenvalue weighted by Gasteiger charge is -2.06. The van der Waals surface area contributed by atoms with Gasteiger partial charge < -0.3 is 14.6 Å². The SMILES string of the molecule is COc1ccc(-c2nc(NC(=O)c3ccc(NC(=O)CSc4nncn4C)cc3)sc2C)cc1. The Kier molecular flexibility index (Phi) is 7.24. The van der Waals surface area contributed by atoms with E-state index in [1.165, 1.54) is 23.1 Å². The van der Waals surface area contributed by atoms with Crippen LogP contribution >= 0.6 is 23.1 Å². The zero-order chi connectivity index (χ0) is 24.1. The van der Waals surface area contributed by atoms with Crippen molar-refractivity contribution in [3.8, 4) is 17.0 Å². The zero-order valence-corrected chi connectivity index (χ0v) is 20.4. The summed E-state index contributed by atoms with van der Waals surface area (Å²) in [5, 5.41) is 14.6. The Hall–Kier alpha value is -3.70. The molecule has 2 amide bonds. The summed E-state index contributed by atoms with van der Waals surface area (Å²) in [5.74, 6) is 0.531. The van der Waals surface area contributed by atoms with Crippen LogP contribution in [0, 0.1) is 6.92 Å². The molecule has 0 saturated heterocycles. The maximum atomic E-state index is 12.7. The van der Waals surface area contributed by atoms with E-state index in [0.717, 1.165) is 21.9 Å². The summed E-state index contributed by atoms with van der Waals surface area (Å²) < 4.78 is 6.94. The second-order valence-corrected chi connectivity index (χ2v) is 9.39. The molecule has 0 radical (unpaired) electrons. The Morgan fingerprint density at radius 2 is 1.82 bits per heavy atom. The Morgan fingerprint density at radius 1 is 1.09 bits per heavy atom. The number of benzene rings is 2. The van der Waals surface area contributed by atoms with Crippen molar-refractivity contribution in [2.45, 2.75) is 12.1 Å². The van der Waals surface area contributed by atoms with Crippen LogP contribution in [0.3, 0.4) is 0 Å². The highest BCUT2D eigenvalue weighted by molar-refractivity contribution is 7.99. The van der Waals surface area contributed by atoms with Crippen molar-refractivity contribution in [2.24, 2.45) is 7.05 Å². The Bertz CT molecular complexity index is 1300. The molecular formula is C23H22N6O3S2. The van der Waals surface area contributed by atoms with Crippen LogP contribution in [0.1, 0.15) is 15.2 Å². The van der Waals surface area contributed by atoms with Crippen molar-refractivity contribution in [2.75, 3.05) is 23.5 Å². The number of carbonyl (C=O) groups excluding carboxylic acids is 2. The number of rotatable bonds is 8. The molecule has 0 aliphatic carbocycles. The third-order valence-electron chi connectivity index (χ3n) is 4.81. The first-order valence-electron chi connectivity index (χ1n) is 10.2. The predicted octanol–water partition coefficient (Wildman–Crippen LogP) is 4.24. The molecule has 2 aromatic carbocycles. The number of thioether (sulfide) groups is 1. The van der Waals surface area contributed by atoms with Crippen LogP contribution in [0.15, 0.2) is 60.0 Å². The maximum absolute atomic E-state index is 12.7. The number of aromatic nitrogens is 4. The lowest BCUT2D eigenvalue weighted by atomic mass is 10.1. The molecule has 174 valence electrons. The van der Waals surface area contributed by atoms with Gasteiger partial charge in [-0.3, -0.25) is 14.9 Å². The molecule has 4 aromatic rings. The van der Waals surface area contributed by atoms with E-state index < -0.39 is 0 Å². The summed E-state index contributed by atoms with van der Waals surface area (Å²) in [6.45, 7) is 1.97. The minimum Gasteiger partial charge on any atom is -0.497 e. The number of nitrogens with one attached hydrogen (secondary N) is 2. The average Bonchev–Trinajstić information content (AvgIpc) is 3.42. The third kappa shape index (κ3) is 5.61. The molecule has 2 heterocycles.